The maximum absolute atomic E-state index is 5.68. The summed E-state index contributed by atoms with van der Waals surface area (Å²) >= 11 is 3.43. The van der Waals surface area contributed by atoms with E-state index in [9.17, 15) is 0 Å². The Bertz CT molecular complexity index is 651. The predicted octanol–water partition coefficient (Wildman–Crippen LogP) is 3.11. The number of benzene rings is 1. The first-order valence-electron chi connectivity index (χ1n) is 5.76. The van der Waals surface area contributed by atoms with Crippen molar-refractivity contribution in [3.8, 4) is 0 Å². The summed E-state index contributed by atoms with van der Waals surface area (Å²) in [4.78, 5) is 10.4. The maximum atomic E-state index is 5.68. The van der Waals surface area contributed by atoms with Gasteiger partial charge in [-0.3, -0.25) is 0 Å². The predicted molar refractivity (Wildman–Crippen MR) is 77.2 cm³/mol. The van der Waals surface area contributed by atoms with Crippen molar-refractivity contribution in [2.45, 2.75) is 19.9 Å². The highest BCUT2D eigenvalue weighted by atomic mass is 32.1. The highest BCUT2D eigenvalue weighted by Gasteiger charge is 2.09. The molecule has 0 aliphatic heterocycles. The van der Waals surface area contributed by atoms with E-state index in [1.165, 1.54) is 9.58 Å². The second-order valence-electron chi connectivity index (χ2n) is 4.07. The Kier molecular flexibility index (Phi) is 3.11. The van der Waals surface area contributed by atoms with Crippen LogP contribution < -0.4 is 5.73 Å². The molecule has 0 fully saturated rings. The monoisotopic (exact) mass is 275 g/mol. The van der Waals surface area contributed by atoms with Crippen molar-refractivity contribution < 1.29 is 0 Å². The van der Waals surface area contributed by atoms with Gasteiger partial charge in [0.1, 0.15) is 5.01 Å². The van der Waals surface area contributed by atoms with Gasteiger partial charge < -0.3 is 5.73 Å². The molecule has 0 radical (unpaired) electrons. The van der Waals surface area contributed by atoms with E-state index in [2.05, 4.69) is 16.0 Å². The second-order valence-corrected chi connectivity index (χ2v) is 6.36. The fourth-order valence-electron chi connectivity index (χ4n) is 1.88. The number of fused-ring (bicyclic) bond motifs is 1. The molecule has 2 aromatic heterocycles. The average molecular weight is 275 g/mol. The third kappa shape index (κ3) is 2.16. The largest absolute Gasteiger partial charge is 0.326 e. The van der Waals surface area contributed by atoms with E-state index >= 15 is 0 Å². The number of rotatable bonds is 3. The maximum Gasteiger partial charge on any atom is 0.101 e. The molecule has 3 nitrogen and oxygen atoms in total. The highest BCUT2D eigenvalue weighted by molar-refractivity contribution is 7.18. The van der Waals surface area contributed by atoms with Gasteiger partial charge >= 0.3 is 0 Å². The van der Waals surface area contributed by atoms with Crippen molar-refractivity contribution >= 4 is 32.9 Å². The van der Waals surface area contributed by atoms with E-state index in [1.807, 2.05) is 25.1 Å². The third-order valence-corrected chi connectivity index (χ3v) is 4.98. The minimum Gasteiger partial charge on any atom is -0.326 e. The molecule has 18 heavy (non-hydrogen) atoms. The molecule has 2 N–H and O–H groups in total. The first kappa shape index (κ1) is 11.8. The van der Waals surface area contributed by atoms with Gasteiger partial charge in [0.15, 0.2) is 0 Å². The van der Waals surface area contributed by atoms with Crippen LogP contribution >= 0.6 is 22.7 Å². The van der Waals surface area contributed by atoms with Crippen LogP contribution in [0.4, 0.5) is 0 Å². The minimum atomic E-state index is 0.573. The van der Waals surface area contributed by atoms with Gasteiger partial charge in [-0.15, -0.1) is 22.7 Å². The lowest BCUT2D eigenvalue weighted by Gasteiger charge is -1.89. The molecule has 0 saturated carbocycles. The van der Waals surface area contributed by atoms with Crippen molar-refractivity contribution in [3.05, 3.63) is 44.9 Å². The molecular weight excluding hydrogens is 262 g/mol. The molecule has 0 aliphatic carbocycles. The minimum absolute atomic E-state index is 0.573. The molecule has 0 spiro atoms. The molecule has 0 atom stereocenters. The average Bonchev–Trinajstić information content (AvgIpc) is 2.92. The first-order chi connectivity index (χ1) is 8.76. The van der Waals surface area contributed by atoms with Crippen LogP contribution in [0.15, 0.2) is 24.3 Å². The summed E-state index contributed by atoms with van der Waals surface area (Å²) in [6.07, 6.45) is 0.810. The zero-order chi connectivity index (χ0) is 12.5. The van der Waals surface area contributed by atoms with Crippen molar-refractivity contribution in [2.75, 3.05) is 0 Å². The van der Waals surface area contributed by atoms with Gasteiger partial charge in [0.2, 0.25) is 0 Å². The number of hydrogen-bond acceptors (Lipinski definition) is 5. The van der Waals surface area contributed by atoms with Crippen molar-refractivity contribution in [1.29, 1.82) is 0 Å². The van der Waals surface area contributed by atoms with E-state index in [0.29, 0.717) is 6.54 Å². The van der Waals surface area contributed by atoms with Gasteiger partial charge in [0.05, 0.1) is 27.3 Å². The summed E-state index contributed by atoms with van der Waals surface area (Å²) in [6.45, 7) is 2.59. The van der Waals surface area contributed by atoms with Crippen LogP contribution in [0.3, 0.4) is 0 Å². The fraction of sp³-hybridized carbons (Fsp3) is 0.231. The lowest BCUT2D eigenvalue weighted by molar-refractivity contribution is 1.04. The Morgan fingerprint density at radius 2 is 1.89 bits per heavy atom. The zero-order valence-corrected chi connectivity index (χ0v) is 11.6. The smallest absolute Gasteiger partial charge is 0.101 e. The third-order valence-electron chi connectivity index (χ3n) is 2.76. The van der Waals surface area contributed by atoms with Gasteiger partial charge in [-0.2, -0.15) is 0 Å². The lowest BCUT2D eigenvalue weighted by atomic mass is 10.3. The number of nitrogens with zero attached hydrogens (tertiary/aromatic N) is 2. The summed E-state index contributed by atoms with van der Waals surface area (Å²) in [5.74, 6) is 0. The standard InChI is InChI=1S/C13H13N3S2/c1-8-11(7-14)18-12(15-8)6-13-16-9-4-2-3-5-10(9)17-13/h2-5H,6-7,14H2,1H3. The number of para-hydroxylation sites is 1. The molecule has 3 rings (SSSR count). The van der Waals surface area contributed by atoms with E-state index < -0.39 is 0 Å². The van der Waals surface area contributed by atoms with Crippen molar-refractivity contribution in [1.82, 2.24) is 9.97 Å². The van der Waals surface area contributed by atoms with Crippen LogP contribution in [0, 0.1) is 6.92 Å². The molecule has 0 bridgehead atoms. The quantitative estimate of drug-likeness (QED) is 0.799. The van der Waals surface area contributed by atoms with Crippen LogP contribution in [0.2, 0.25) is 0 Å². The summed E-state index contributed by atoms with van der Waals surface area (Å²) < 4.78 is 1.24. The van der Waals surface area contributed by atoms with Crippen molar-refractivity contribution in [2.24, 2.45) is 5.73 Å². The SMILES string of the molecule is Cc1nc(Cc2nc3ccccc3s2)sc1CN. The normalized spacial score (nSPS) is 11.2. The Morgan fingerprint density at radius 3 is 2.61 bits per heavy atom. The number of thiazole rings is 2. The summed E-state index contributed by atoms with van der Waals surface area (Å²) in [5.41, 5.74) is 7.80. The van der Waals surface area contributed by atoms with Crippen molar-refractivity contribution in [3.63, 3.8) is 0 Å². The van der Waals surface area contributed by atoms with Crippen LogP contribution in [-0.2, 0) is 13.0 Å². The molecule has 3 aromatic rings. The Hall–Kier alpha value is -1.30. The first-order valence-corrected chi connectivity index (χ1v) is 7.39. The Balaban J connectivity index is 1.91. The summed E-state index contributed by atoms with van der Waals surface area (Å²) in [5, 5.41) is 2.22. The van der Waals surface area contributed by atoms with Crippen LogP contribution in [-0.4, -0.2) is 9.97 Å². The molecule has 0 amide bonds. The van der Waals surface area contributed by atoms with Gasteiger partial charge in [0, 0.05) is 11.4 Å². The highest BCUT2D eigenvalue weighted by Crippen LogP contribution is 2.26. The fourth-order valence-corrected chi connectivity index (χ4v) is 3.89. The Morgan fingerprint density at radius 1 is 1.11 bits per heavy atom. The van der Waals surface area contributed by atoms with Crippen LogP contribution in [0.5, 0.6) is 0 Å². The molecule has 92 valence electrons. The molecule has 0 saturated heterocycles. The van der Waals surface area contributed by atoms with Gasteiger partial charge in [-0.1, -0.05) is 12.1 Å². The summed E-state index contributed by atoms with van der Waals surface area (Å²) in [6, 6.07) is 8.22. The van der Waals surface area contributed by atoms with Crippen LogP contribution in [0.25, 0.3) is 10.2 Å². The molecule has 1 aromatic carbocycles. The molecule has 5 heteroatoms. The van der Waals surface area contributed by atoms with E-state index in [0.717, 1.165) is 27.6 Å². The number of aryl methyl sites for hydroxylation is 1. The molecular formula is C13H13N3S2. The topological polar surface area (TPSA) is 51.8 Å². The number of hydrogen-bond donors (Lipinski definition) is 1. The summed E-state index contributed by atoms with van der Waals surface area (Å²) in [7, 11) is 0. The van der Waals surface area contributed by atoms with E-state index in [4.69, 9.17) is 5.73 Å². The molecule has 2 heterocycles. The van der Waals surface area contributed by atoms with E-state index in [-0.39, 0.29) is 0 Å². The Labute approximate surface area is 113 Å². The molecule has 0 aliphatic rings. The number of aromatic nitrogens is 2. The van der Waals surface area contributed by atoms with Crippen LogP contribution in [0.1, 0.15) is 20.6 Å². The number of nitrogens with two attached hydrogens (primary N) is 1. The van der Waals surface area contributed by atoms with E-state index in [1.54, 1.807) is 22.7 Å². The molecule has 0 unspecified atom stereocenters. The van der Waals surface area contributed by atoms with Gasteiger partial charge in [-0.25, -0.2) is 9.97 Å². The lowest BCUT2D eigenvalue weighted by Crippen LogP contribution is -1.94. The second kappa shape index (κ2) is 4.76. The van der Waals surface area contributed by atoms with Gasteiger partial charge in [0.25, 0.3) is 0 Å². The van der Waals surface area contributed by atoms with Gasteiger partial charge in [-0.05, 0) is 19.1 Å². The zero-order valence-electron chi connectivity index (χ0n) is 10.0.